The molecule has 21 heavy (non-hydrogen) atoms. The zero-order valence-corrected chi connectivity index (χ0v) is 13.5. The summed E-state index contributed by atoms with van der Waals surface area (Å²) in [5.74, 6) is 1.62. The zero-order valence-electron chi connectivity index (χ0n) is 13.5. The zero-order chi connectivity index (χ0) is 14.9. The highest BCUT2D eigenvalue weighted by atomic mass is 15.3. The number of rotatable bonds is 8. The minimum atomic E-state index is 0.748. The number of piperazine rings is 1. The fraction of sp³-hybridized carbons (Fsp3) is 0.750. The van der Waals surface area contributed by atoms with Gasteiger partial charge in [0.1, 0.15) is 0 Å². The maximum atomic E-state index is 4.33. The first-order valence-corrected chi connectivity index (χ1v) is 8.21. The molecular formula is C16H29N5. The number of hydrogen-bond acceptors (Lipinski definition) is 5. The van der Waals surface area contributed by atoms with E-state index in [-0.39, 0.29) is 0 Å². The van der Waals surface area contributed by atoms with E-state index in [0.29, 0.717) is 0 Å². The molecule has 0 saturated carbocycles. The Morgan fingerprint density at radius 1 is 1.10 bits per heavy atom. The van der Waals surface area contributed by atoms with Crippen LogP contribution < -0.4 is 10.2 Å². The fourth-order valence-corrected chi connectivity index (χ4v) is 2.60. The quantitative estimate of drug-likeness (QED) is 0.738. The van der Waals surface area contributed by atoms with Gasteiger partial charge in [-0.05, 0) is 44.5 Å². The second-order valence-electron chi connectivity index (χ2n) is 6.18. The third-order valence-corrected chi connectivity index (χ3v) is 3.84. The van der Waals surface area contributed by atoms with Crippen molar-refractivity contribution in [2.24, 2.45) is 5.92 Å². The molecule has 1 aliphatic rings. The van der Waals surface area contributed by atoms with Crippen molar-refractivity contribution in [3.05, 3.63) is 18.5 Å². The van der Waals surface area contributed by atoms with Gasteiger partial charge in [0.2, 0.25) is 5.95 Å². The highest BCUT2D eigenvalue weighted by Crippen LogP contribution is 2.10. The SMILES string of the molecule is CC(C)CNCCCCN1CCN(c2ncccn2)CC1. The van der Waals surface area contributed by atoms with Crippen LogP contribution in [0.15, 0.2) is 18.5 Å². The molecule has 0 atom stereocenters. The van der Waals surface area contributed by atoms with E-state index in [0.717, 1.165) is 51.1 Å². The first-order valence-electron chi connectivity index (χ1n) is 8.21. The van der Waals surface area contributed by atoms with Crippen LogP contribution >= 0.6 is 0 Å². The number of unbranched alkanes of at least 4 members (excludes halogenated alkanes) is 1. The molecule has 0 amide bonds. The van der Waals surface area contributed by atoms with Crippen LogP contribution in [0.3, 0.4) is 0 Å². The molecule has 1 N–H and O–H groups in total. The Bertz CT molecular complexity index is 374. The molecule has 1 aromatic heterocycles. The normalized spacial score (nSPS) is 16.6. The predicted octanol–water partition coefficient (Wildman–Crippen LogP) is 1.62. The van der Waals surface area contributed by atoms with Gasteiger partial charge in [-0.1, -0.05) is 13.8 Å². The van der Waals surface area contributed by atoms with Crippen LogP contribution in [0, 0.1) is 5.92 Å². The summed E-state index contributed by atoms with van der Waals surface area (Å²) < 4.78 is 0. The third kappa shape index (κ3) is 5.98. The molecule has 2 rings (SSSR count). The average molecular weight is 291 g/mol. The van der Waals surface area contributed by atoms with Crippen LogP contribution in [0.25, 0.3) is 0 Å². The van der Waals surface area contributed by atoms with Crippen molar-refractivity contribution in [1.82, 2.24) is 20.2 Å². The van der Waals surface area contributed by atoms with Gasteiger partial charge < -0.3 is 10.2 Å². The third-order valence-electron chi connectivity index (χ3n) is 3.84. The van der Waals surface area contributed by atoms with E-state index < -0.39 is 0 Å². The van der Waals surface area contributed by atoms with E-state index >= 15 is 0 Å². The Morgan fingerprint density at radius 2 is 1.81 bits per heavy atom. The van der Waals surface area contributed by atoms with E-state index in [9.17, 15) is 0 Å². The molecule has 0 unspecified atom stereocenters. The second kappa shape index (κ2) is 8.95. The molecule has 0 bridgehead atoms. The van der Waals surface area contributed by atoms with Crippen LogP contribution in [0.4, 0.5) is 5.95 Å². The lowest BCUT2D eigenvalue weighted by molar-refractivity contribution is 0.251. The Balaban J connectivity index is 1.55. The summed E-state index contributed by atoms with van der Waals surface area (Å²) in [5, 5.41) is 3.51. The van der Waals surface area contributed by atoms with Crippen LogP contribution in [0.2, 0.25) is 0 Å². The standard InChI is InChI=1S/C16H29N5/c1-15(2)14-17-6-3-4-9-20-10-12-21(13-11-20)16-18-7-5-8-19-16/h5,7-8,15,17H,3-4,6,9-14H2,1-2H3. The van der Waals surface area contributed by atoms with Gasteiger partial charge in [-0.3, -0.25) is 4.90 Å². The van der Waals surface area contributed by atoms with Gasteiger partial charge in [-0.2, -0.15) is 0 Å². The van der Waals surface area contributed by atoms with Crippen molar-refractivity contribution in [2.75, 3.05) is 50.7 Å². The van der Waals surface area contributed by atoms with Crippen LogP contribution in [0.5, 0.6) is 0 Å². The van der Waals surface area contributed by atoms with Crippen molar-refractivity contribution in [3.8, 4) is 0 Å². The van der Waals surface area contributed by atoms with Crippen LogP contribution in [-0.4, -0.2) is 60.7 Å². The van der Waals surface area contributed by atoms with Gasteiger partial charge in [0.05, 0.1) is 0 Å². The molecule has 0 radical (unpaired) electrons. The van der Waals surface area contributed by atoms with E-state index in [1.54, 1.807) is 0 Å². The summed E-state index contributed by atoms with van der Waals surface area (Å²) in [6, 6.07) is 1.87. The molecule has 5 heteroatoms. The molecule has 1 saturated heterocycles. The molecule has 2 heterocycles. The van der Waals surface area contributed by atoms with Crippen molar-refractivity contribution < 1.29 is 0 Å². The second-order valence-corrected chi connectivity index (χ2v) is 6.18. The summed E-state index contributed by atoms with van der Waals surface area (Å²) in [4.78, 5) is 13.5. The Hall–Kier alpha value is -1.20. The monoisotopic (exact) mass is 291 g/mol. The molecule has 1 aromatic rings. The van der Waals surface area contributed by atoms with E-state index in [1.165, 1.54) is 19.4 Å². The van der Waals surface area contributed by atoms with Gasteiger partial charge in [-0.25, -0.2) is 9.97 Å². The summed E-state index contributed by atoms with van der Waals surface area (Å²) in [5.41, 5.74) is 0. The molecule has 1 aliphatic heterocycles. The number of nitrogens with zero attached hydrogens (tertiary/aromatic N) is 4. The van der Waals surface area contributed by atoms with Crippen molar-refractivity contribution in [3.63, 3.8) is 0 Å². The minimum absolute atomic E-state index is 0.748. The van der Waals surface area contributed by atoms with Gasteiger partial charge in [-0.15, -0.1) is 0 Å². The highest BCUT2D eigenvalue weighted by Gasteiger charge is 2.17. The van der Waals surface area contributed by atoms with Gasteiger partial charge >= 0.3 is 0 Å². The average Bonchev–Trinajstić information content (AvgIpc) is 2.52. The Morgan fingerprint density at radius 3 is 2.48 bits per heavy atom. The van der Waals surface area contributed by atoms with Crippen LogP contribution in [0.1, 0.15) is 26.7 Å². The topological polar surface area (TPSA) is 44.3 Å². The molecule has 0 aromatic carbocycles. The fourth-order valence-electron chi connectivity index (χ4n) is 2.60. The smallest absolute Gasteiger partial charge is 0.225 e. The molecule has 0 aliphatic carbocycles. The molecule has 5 nitrogen and oxygen atoms in total. The van der Waals surface area contributed by atoms with Crippen LogP contribution in [-0.2, 0) is 0 Å². The predicted molar refractivity (Wildman–Crippen MR) is 87.6 cm³/mol. The summed E-state index contributed by atoms with van der Waals surface area (Å²) in [6.07, 6.45) is 6.19. The first kappa shape index (κ1) is 16.2. The Labute approximate surface area is 128 Å². The summed E-state index contributed by atoms with van der Waals surface area (Å²) in [7, 11) is 0. The lowest BCUT2D eigenvalue weighted by atomic mass is 10.2. The van der Waals surface area contributed by atoms with E-state index in [1.807, 2.05) is 18.5 Å². The van der Waals surface area contributed by atoms with Crippen molar-refractivity contribution in [2.45, 2.75) is 26.7 Å². The lowest BCUT2D eigenvalue weighted by Crippen LogP contribution is -2.47. The van der Waals surface area contributed by atoms with Gasteiger partial charge in [0.25, 0.3) is 0 Å². The number of anilines is 1. The number of aromatic nitrogens is 2. The molecule has 1 fully saturated rings. The van der Waals surface area contributed by atoms with Crippen molar-refractivity contribution >= 4 is 5.95 Å². The molecule has 0 spiro atoms. The highest BCUT2D eigenvalue weighted by molar-refractivity contribution is 5.29. The summed E-state index contributed by atoms with van der Waals surface area (Å²) >= 11 is 0. The molecular weight excluding hydrogens is 262 g/mol. The largest absolute Gasteiger partial charge is 0.338 e. The van der Waals surface area contributed by atoms with E-state index in [2.05, 4.69) is 38.9 Å². The number of nitrogens with one attached hydrogen (secondary N) is 1. The minimum Gasteiger partial charge on any atom is -0.338 e. The van der Waals surface area contributed by atoms with Crippen molar-refractivity contribution in [1.29, 1.82) is 0 Å². The van der Waals surface area contributed by atoms with E-state index in [4.69, 9.17) is 0 Å². The lowest BCUT2D eigenvalue weighted by Gasteiger charge is -2.34. The van der Waals surface area contributed by atoms with Gasteiger partial charge in [0, 0.05) is 38.6 Å². The maximum Gasteiger partial charge on any atom is 0.225 e. The molecule has 118 valence electrons. The summed E-state index contributed by atoms with van der Waals surface area (Å²) in [6.45, 7) is 12.3. The Kier molecular flexibility index (Phi) is 6.89. The van der Waals surface area contributed by atoms with Gasteiger partial charge in [0.15, 0.2) is 0 Å². The maximum absolute atomic E-state index is 4.33. The number of hydrogen-bond donors (Lipinski definition) is 1. The first-order chi connectivity index (χ1) is 10.3.